The average Bonchev–Trinajstić information content (AvgIpc) is 2.77. The summed E-state index contributed by atoms with van der Waals surface area (Å²) in [6, 6.07) is 5.28. The second-order valence-corrected chi connectivity index (χ2v) is 11.8. The minimum absolute atomic E-state index is 0.0849. The summed E-state index contributed by atoms with van der Waals surface area (Å²) in [5.74, 6) is -0.704. The molecule has 7 heteroatoms. The predicted octanol–water partition coefficient (Wildman–Crippen LogP) is 5.25. The highest BCUT2D eigenvalue weighted by atomic mass is 16.5. The van der Waals surface area contributed by atoms with Crippen molar-refractivity contribution in [3.05, 3.63) is 46.3 Å². The van der Waals surface area contributed by atoms with E-state index in [0.717, 1.165) is 53.9 Å². The van der Waals surface area contributed by atoms with Crippen molar-refractivity contribution >= 4 is 17.5 Å². The Morgan fingerprint density at radius 1 is 0.972 bits per heavy atom. The third-order valence-electron chi connectivity index (χ3n) is 7.34. The number of rotatable bonds is 7. The topological polar surface area (TPSA) is 93.1 Å². The van der Waals surface area contributed by atoms with E-state index < -0.39 is 18.5 Å². The Kier molecular flexibility index (Phi) is 6.80. The molecule has 36 heavy (non-hydrogen) atoms. The van der Waals surface area contributed by atoms with Gasteiger partial charge in [-0.2, -0.15) is 0 Å². The van der Waals surface area contributed by atoms with Crippen molar-refractivity contribution in [3.8, 4) is 11.5 Å². The number of hydrogen-bond donors (Lipinski definition) is 1. The highest BCUT2D eigenvalue weighted by molar-refractivity contribution is 6.06. The molecule has 2 aliphatic carbocycles. The molecule has 1 aromatic carbocycles. The van der Waals surface area contributed by atoms with Gasteiger partial charge in [0.15, 0.2) is 29.7 Å². The van der Waals surface area contributed by atoms with E-state index in [1.54, 1.807) is 12.1 Å². The SMILES string of the molecule is CCCN1C2=C(C(=O)CC(C)(C)C2)C(c2ccc(OCC(=O)O)c(OC)c2)C2=C1CC(C)(C)CC2=O. The molecule has 0 atom stereocenters. The largest absolute Gasteiger partial charge is 0.493 e. The minimum atomic E-state index is -1.08. The standard InChI is InChI=1S/C29H37NO6/c1-7-10-30-18-12-28(2,3)14-20(31)26(18)25(27-19(30)13-29(4,5)15-21(27)32)17-8-9-22(23(11-17)35-6)36-16-24(33)34/h8-9,11,25H,7,10,12-16H2,1-6H3,(H,33,34). The normalized spacial score (nSPS) is 21.3. The molecule has 0 saturated carbocycles. The van der Waals surface area contributed by atoms with Crippen LogP contribution in [0, 0.1) is 10.8 Å². The fourth-order valence-electron chi connectivity index (χ4n) is 6.00. The van der Waals surface area contributed by atoms with Crippen molar-refractivity contribution in [2.45, 2.75) is 72.6 Å². The number of Topliss-reactive ketones (excluding diaryl/α,β-unsaturated/α-hetero) is 2. The van der Waals surface area contributed by atoms with Crippen LogP contribution >= 0.6 is 0 Å². The zero-order valence-corrected chi connectivity index (χ0v) is 22.2. The molecular weight excluding hydrogens is 458 g/mol. The Labute approximate surface area is 213 Å². The number of ketones is 2. The van der Waals surface area contributed by atoms with Crippen LogP contribution in [-0.4, -0.2) is 47.8 Å². The van der Waals surface area contributed by atoms with Gasteiger partial charge >= 0.3 is 5.97 Å². The third-order valence-corrected chi connectivity index (χ3v) is 7.34. The summed E-state index contributed by atoms with van der Waals surface area (Å²) < 4.78 is 10.9. The van der Waals surface area contributed by atoms with Crippen LogP contribution in [0.5, 0.6) is 11.5 Å². The van der Waals surface area contributed by atoms with Crippen LogP contribution in [0.15, 0.2) is 40.7 Å². The number of ether oxygens (including phenoxy) is 2. The summed E-state index contributed by atoms with van der Waals surface area (Å²) in [5, 5.41) is 9.01. The third kappa shape index (κ3) is 4.80. The lowest BCUT2D eigenvalue weighted by molar-refractivity contribution is -0.139. The molecule has 0 saturated heterocycles. The summed E-state index contributed by atoms with van der Waals surface area (Å²) in [5.41, 5.74) is 3.98. The van der Waals surface area contributed by atoms with Crippen LogP contribution in [0.2, 0.25) is 0 Å². The Morgan fingerprint density at radius 2 is 1.53 bits per heavy atom. The fourth-order valence-corrected chi connectivity index (χ4v) is 6.00. The Hall–Kier alpha value is -3.09. The van der Waals surface area contributed by atoms with E-state index in [1.807, 2.05) is 6.07 Å². The molecule has 1 aliphatic heterocycles. The summed E-state index contributed by atoms with van der Waals surface area (Å²) in [6.07, 6.45) is 3.31. The van der Waals surface area contributed by atoms with Gasteiger partial charge in [0.25, 0.3) is 0 Å². The lowest BCUT2D eigenvalue weighted by atomic mass is 9.63. The number of benzene rings is 1. The quantitative estimate of drug-likeness (QED) is 0.552. The van der Waals surface area contributed by atoms with Gasteiger partial charge in [-0.1, -0.05) is 40.7 Å². The van der Waals surface area contributed by atoms with Gasteiger partial charge in [0, 0.05) is 47.8 Å². The molecule has 7 nitrogen and oxygen atoms in total. The molecule has 0 amide bonds. The molecule has 3 aliphatic rings. The number of allylic oxidation sites excluding steroid dienone is 4. The number of carboxylic acid groups (broad SMARTS) is 1. The first-order valence-corrected chi connectivity index (χ1v) is 12.7. The summed E-state index contributed by atoms with van der Waals surface area (Å²) >= 11 is 0. The van der Waals surface area contributed by atoms with Crippen LogP contribution in [0.1, 0.15) is 78.2 Å². The van der Waals surface area contributed by atoms with Crippen molar-refractivity contribution in [3.63, 3.8) is 0 Å². The second kappa shape index (κ2) is 9.41. The van der Waals surface area contributed by atoms with Crippen LogP contribution in [-0.2, 0) is 14.4 Å². The van der Waals surface area contributed by atoms with E-state index in [1.165, 1.54) is 7.11 Å². The minimum Gasteiger partial charge on any atom is -0.493 e. The number of carbonyl (C=O) groups excluding carboxylic acids is 2. The Bertz CT molecular complexity index is 1120. The number of carboxylic acids is 1. The molecule has 1 aromatic rings. The molecule has 1 heterocycles. The number of carbonyl (C=O) groups is 3. The Balaban J connectivity index is 1.93. The van der Waals surface area contributed by atoms with Gasteiger partial charge in [-0.15, -0.1) is 0 Å². The van der Waals surface area contributed by atoms with E-state index in [9.17, 15) is 14.4 Å². The second-order valence-electron chi connectivity index (χ2n) is 11.8. The van der Waals surface area contributed by atoms with Gasteiger partial charge in [-0.05, 0) is 47.8 Å². The maximum Gasteiger partial charge on any atom is 0.341 e. The fraction of sp³-hybridized carbons (Fsp3) is 0.552. The highest BCUT2D eigenvalue weighted by Gasteiger charge is 2.48. The van der Waals surface area contributed by atoms with Crippen molar-refractivity contribution in [1.29, 1.82) is 0 Å². The maximum absolute atomic E-state index is 13.7. The molecule has 0 spiro atoms. The molecule has 1 N–H and O–H groups in total. The van der Waals surface area contributed by atoms with Gasteiger partial charge in [0.1, 0.15) is 0 Å². The summed E-state index contributed by atoms with van der Waals surface area (Å²) in [4.78, 5) is 40.8. The lowest BCUT2D eigenvalue weighted by Gasteiger charge is -2.49. The smallest absolute Gasteiger partial charge is 0.341 e. The molecule has 194 valence electrons. The molecule has 4 rings (SSSR count). The predicted molar refractivity (Wildman–Crippen MR) is 136 cm³/mol. The molecule has 0 fully saturated rings. The number of methoxy groups -OCH3 is 1. The summed E-state index contributed by atoms with van der Waals surface area (Å²) in [7, 11) is 1.49. The van der Waals surface area contributed by atoms with Crippen molar-refractivity contribution in [2.24, 2.45) is 10.8 Å². The van der Waals surface area contributed by atoms with E-state index >= 15 is 0 Å². The molecule has 0 bridgehead atoms. The van der Waals surface area contributed by atoms with E-state index in [2.05, 4.69) is 39.5 Å². The first kappa shape index (κ1) is 26.0. The average molecular weight is 496 g/mol. The van der Waals surface area contributed by atoms with Gasteiger partial charge in [0.2, 0.25) is 0 Å². The highest BCUT2D eigenvalue weighted by Crippen LogP contribution is 2.54. The molecular formula is C29H37NO6. The van der Waals surface area contributed by atoms with Crippen LogP contribution in [0.3, 0.4) is 0 Å². The van der Waals surface area contributed by atoms with E-state index in [4.69, 9.17) is 14.6 Å². The zero-order chi connectivity index (χ0) is 26.4. The lowest BCUT2D eigenvalue weighted by Crippen LogP contribution is -2.44. The zero-order valence-electron chi connectivity index (χ0n) is 22.2. The van der Waals surface area contributed by atoms with Crippen molar-refractivity contribution in [1.82, 2.24) is 4.90 Å². The number of hydrogen-bond acceptors (Lipinski definition) is 6. The van der Waals surface area contributed by atoms with Gasteiger partial charge in [-0.25, -0.2) is 4.79 Å². The van der Waals surface area contributed by atoms with Crippen LogP contribution in [0.4, 0.5) is 0 Å². The summed E-state index contributed by atoms with van der Waals surface area (Å²) in [6.45, 7) is 10.9. The number of nitrogens with zero attached hydrogens (tertiary/aromatic N) is 1. The van der Waals surface area contributed by atoms with Gasteiger partial charge < -0.3 is 19.5 Å². The Morgan fingerprint density at radius 3 is 2.00 bits per heavy atom. The molecule has 0 aromatic heterocycles. The maximum atomic E-state index is 13.7. The van der Waals surface area contributed by atoms with Gasteiger partial charge in [0.05, 0.1) is 7.11 Å². The first-order valence-electron chi connectivity index (χ1n) is 12.7. The van der Waals surface area contributed by atoms with Crippen molar-refractivity contribution in [2.75, 3.05) is 20.3 Å². The monoisotopic (exact) mass is 495 g/mol. The first-order chi connectivity index (χ1) is 16.9. The molecule has 0 unspecified atom stereocenters. The van der Waals surface area contributed by atoms with E-state index in [-0.39, 0.29) is 22.4 Å². The number of aliphatic carboxylic acids is 1. The van der Waals surface area contributed by atoms with E-state index in [0.29, 0.717) is 24.3 Å². The van der Waals surface area contributed by atoms with Gasteiger partial charge in [-0.3, -0.25) is 9.59 Å². The molecule has 0 radical (unpaired) electrons. The van der Waals surface area contributed by atoms with Crippen LogP contribution < -0.4 is 9.47 Å². The van der Waals surface area contributed by atoms with Crippen LogP contribution in [0.25, 0.3) is 0 Å². The van der Waals surface area contributed by atoms with Crippen molar-refractivity contribution < 1.29 is 29.0 Å².